The van der Waals surface area contributed by atoms with Gasteiger partial charge in [0.05, 0.1) is 11.1 Å². The van der Waals surface area contributed by atoms with Crippen molar-refractivity contribution in [3.8, 4) is 11.1 Å². The molecule has 4 rings (SSSR count). The first-order valence-corrected chi connectivity index (χ1v) is 12.4. The summed E-state index contributed by atoms with van der Waals surface area (Å²) in [5.41, 5.74) is -0.174. The summed E-state index contributed by atoms with van der Waals surface area (Å²) in [6.07, 6.45) is -3.52. The summed E-state index contributed by atoms with van der Waals surface area (Å²) in [5.74, 6) is -0.780. The van der Waals surface area contributed by atoms with Crippen molar-refractivity contribution < 1.29 is 26.4 Å². The molecule has 0 unspecified atom stereocenters. The number of likely N-dealkylation sites (N-methyl/N-ethyl adjacent to an activating group) is 1. The molecule has 0 saturated carbocycles. The van der Waals surface area contributed by atoms with Crippen molar-refractivity contribution in [1.82, 2.24) is 9.47 Å². The summed E-state index contributed by atoms with van der Waals surface area (Å²) < 4.78 is 67.8. The van der Waals surface area contributed by atoms with E-state index in [0.717, 1.165) is 20.3 Å². The van der Waals surface area contributed by atoms with Crippen LogP contribution >= 0.6 is 11.6 Å². The van der Waals surface area contributed by atoms with E-state index in [4.69, 9.17) is 11.6 Å². The van der Waals surface area contributed by atoms with Crippen LogP contribution < -0.4 is 0 Å². The molecule has 0 bridgehead atoms. The van der Waals surface area contributed by atoms with Crippen LogP contribution in [0, 0.1) is 6.92 Å². The van der Waals surface area contributed by atoms with E-state index in [1.165, 1.54) is 32.2 Å². The zero-order valence-corrected chi connectivity index (χ0v) is 20.2. The van der Waals surface area contributed by atoms with Gasteiger partial charge in [-0.25, -0.2) is 8.42 Å². The fourth-order valence-electron chi connectivity index (χ4n) is 4.11. The number of rotatable bonds is 5. The van der Waals surface area contributed by atoms with Crippen LogP contribution in [0.15, 0.2) is 77.2 Å². The number of nitrogens with zero attached hydrogens (tertiary/aromatic N) is 2. The van der Waals surface area contributed by atoms with Crippen molar-refractivity contribution >= 4 is 27.3 Å². The first kappa shape index (κ1) is 24.8. The van der Waals surface area contributed by atoms with Crippen LogP contribution in [0.5, 0.6) is 0 Å². The summed E-state index contributed by atoms with van der Waals surface area (Å²) in [4.78, 5) is 14.8. The number of aromatic nitrogens is 1. The molecular weight excluding hydrogens is 501 g/mol. The monoisotopic (exact) mass is 520 g/mol. The summed E-state index contributed by atoms with van der Waals surface area (Å²) >= 11 is 5.99. The van der Waals surface area contributed by atoms with Crippen LogP contribution in [0.4, 0.5) is 13.2 Å². The van der Waals surface area contributed by atoms with E-state index in [9.17, 15) is 26.4 Å². The Morgan fingerprint density at radius 1 is 1.06 bits per heavy atom. The highest BCUT2D eigenvalue weighted by Gasteiger charge is 2.41. The van der Waals surface area contributed by atoms with Crippen LogP contribution in [0.3, 0.4) is 0 Å². The number of carbonyl (C=O) groups excluding carboxylic acids is 1. The topological polar surface area (TPSA) is 59.4 Å². The number of halogens is 4. The number of hydrogen-bond donors (Lipinski definition) is 0. The number of allylic oxidation sites excluding steroid dienone is 1. The Labute approximate surface area is 205 Å². The Bertz CT molecular complexity index is 1460. The Kier molecular flexibility index (Phi) is 6.42. The normalized spacial score (nSPS) is 14.7. The van der Waals surface area contributed by atoms with Crippen LogP contribution in [-0.2, 0) is 22.6 Å². The van der Waals surface area contributed by atoms with Gasteiger partial charge in [0.1, 0.15) is 11.4 Å². The smallest absolute Gasteiger partial charge is 0.328 e. The van der Waals surface area contributed by atoms with Gasteiger partial charge >= 0.3 is 6.18 Å². The summed E-state index contributed by atoms with van der Waals surface area (Å²) in [6.45, 7) is 1.11. The molecule has 0 fully saturated rings. The minimum atomic E-state index is -4.76. The molecule has 0 N–H and O–H groups in total. The van der Waals surface area contributed by atoms with Gasteiger partial charge in [-0.1, -0.05) is 54.1 Å². The average Bonchev–Trinajstić information content (AvgIpc) is 3.30. The highest BCUT2D eigenvalue weighted by molar-refractivity contribution is 7.97. The van der Waals surface area contributed by atoms with Gasteiger partial charge in [0.15, 0.2) is 9.84 Å². The summed E-state index contributed by atoms with van der Waals surface area (Å²) in [5, 5.41) is 2.22. The molecule has 1 aliphatic heterocycles. The average molecular weight is 521 g/mol. The second kappa shape index (κ2) is 9.05. The van der Waals surface area contributed by atoms with Gasteiger partial charge in [0.25, 0.3) is 5.91 Å². The number of benzene rings is 2. The predicted octanol–water partition coefficient (Wildman–Crippen LogP) is 6.04. The van der Waals surface area contributed by atoms with E-state index in [2.05, 4.69) is 0 Å². The molecule has 35 heavy (non-hydrogen) atoms. The van der Waals surface area contributed by atoms with E-state index >= 15 is 0 Å². The Morgan fingerprint density at radius 3 is 2.23 bits per heavy atom. The quantitative estimate of drug-likeness (QED) is 0.412. The molecule has 1 aromatic heterocycles. The van der Waals surface area contributed by atoms with Gasteiger partial charge < -0.3 is 9.47 Å². The van der Waals surface area contributed by atoms with Crippen molar-refractivity contribution in [2.24, 2.45) is 0 Å². The number of sulfone groups is 1. The molecule has 0 spiro atoms. The summed E-state index contributed by atoms with van der Waals surface area (Å²) in [7, 11) is -2.32. The standard InChI is InChI=1S/C25H20ClF3N2O3S/c1-16-21(18-8-10-19(26)11-9-18)22(24(32)30(2)20-12-13-35(33,34)15-20)31(23(16)25(27,28)29)14-17-6-4-3-5-7-17/h3-13,15H,14H2,1-2H3. The van der Waals surface area contributed by atoms with Gasteiger partial charge in [-0.2, -0.15) is 13.2 Å². The van der Waals surface area contributed by atoms with Crippen molar-refractivity contribution in [2.45, 2.75) is 19.6 Å². The maximum atomic E-state index is 14.4. The van der Waals surface area contributed by atoms with Gasteiger partial charge in [-0.15, -0.1) is 0 Å². The number of amides is 1. The van der Waals surface area contributed by atoms with E-state index in [1.54, 1.807) is 42.5 Å². The molecule has 0 saturated heterocycles. The van der Waals surface area contributed by atoms with Crippen LogP contribution in [0.25, 0.3) is 11.1 Å². The molecule has 182 valence electrons. The lowest BCUT2D eigenvalue weighted by Crippen LogP contribution is -2.29. The largest absolute Gasteiger partial charge is 0.431 e. The van der Waals surface area contributed by atoms with E-state index < -0.39 is 27.6 Å². The molecule has 0 atom stereocenters. The third-order valence-corrected chi connectivity index (χ3v) is 7.04. The Morgan fingerprint density at radius 2 is 1.69 bits per heavy atom. The molecule has 1 amide bonds. The van der Waals surface area contributed by atoms with Crippen LogP contribution in [-0.4, -0.2) is 30.8 Å². The third kappa shape index (κ3) is 4.92. The van der Waals surface area contributed by atoms with Crippen molar-refractivity contribution in [3.05, 3.63) is 105 Å². The SMILES string of the molecule is Cc1c(-c2ccc(Cl)cc2)c(C(=O)N(C)C2=CS(=O)(=O)C=C2)n(Cc2ccccc2)c1C(F)(F)F. The zero-order chi connectivity index (χ0) is 25.5. The maximum Gasteiger partial charge on any atom is 0.431 e. The number of alkyl halides is 3. The van der Waals surface area contributed by atoms with E-state index in [1.807, 2.05) is 0 Å². The third-order valence-electron chi connectivity index (χ3n) is 5.70. The molecule has 2 heterocycles. The highest BCUT2D eigenvalue weighted by atomic mass is 35.5. The minimum absolute atomic E-state index is 0.0516. The zero-order valence-electron chi connectivity index (χ0n) is 18.7. The number of hydrogen-bond acceptors (Lipinski definition) is 3. The fraction of sp³-hybridized carbons (Fsp3) is 0.160. The second-order valence-corrected chi connectivity index (χ2v) is 10.2. The van der Waals surface area contributed by atoms with Gasteiger partial charge in [-0.3, -0.25) is 4.79 Å². The summed E-state index contributed by atoms with van der Waals surface area (Å²) in [6, 6.07) is 14.6. The van der Waals surface area contributed by atoms with Crippen molar-refractivity contribution in [3.63, 3.8) is 0 Å². The van der Waals surface area contributed by atoms with E-state index in [-0.39, 0.29) is 29.1 Å². The predicted molar refractivity (Wildman–Crippen MR) is 128 cm³/mol. The Balaban J connectivity index is 2.00. The molecule has 0 aliphatic carbocycles. The van der Waals surface area contributed by atoms with Crippen LogP contribution in [0.2, 0.25) is 5.02 Å². The molecule has 10 heteroatoms. The van der Waals surface area contributed by atoms with Gasteiger partial charge in [-0.05, 0) is 41.8 Å². The first-order chi connectivity index (χ1) is 16.4. The molecule has 0 radical (unpaired) electrons. The van der Waals surface area contributed by atoms with Crippen LogP contribution in [0.1, 0.15) is 27.3 Å². The molecule has 3 aromatic rings. The van der Waals surface area contributed by atoms with E-state index in [0.29, 0.717) is 16.1 Å². The Hall–Kier alpha value is -3.30. The molecule has 2 aromatic carbocycles. The van der Waals surface area contributed by atoms with Crippen molar-refractivity contribution in [1.29, 1.82) is 0 Å². The lowest BCUT2D eigenvalue weighted by molar-refractivity contribution is -0.143. The lowest BCUT2D eigenvalue weighted by Gasteiger charge is -2.21. The first-order valence-electron chi connectivity index (χ1n) is 10.4. The molecular formula is C25H20ClF3N2O3S. The fourth-order valence-corrected chi connectivity index (χ4v) is 5.21. The minimum Gasteiger partial charge on any atom is -0.328 e. The molecule has 5 nitrogen and oxygen atoms in total. The number of carbonyl (C=O) groups is 1. The highest BCUT2D eigenvalue weighted by Crippen LogP contribution is 2.42. The molecule has 1 aliphatic rings. The maximum absolute atomic E-state index is 14.4. The van der Waals surface area contributed by atoms with Crippen molar-refractivity contribution in [2.75, 3.05) is 7.05 Å². The lowest BCUT2D eigenvalue weighted by atomic mass is 10.00. The van der Waals surface area contributed by atoms with Gasteiger partial charge in [0, 0.05) is 29.6 Å². The van der Waals surface area contributed by atoms with Gasteiger partial charge in [0.2, 0.25) is 0 Å². The second-order valence-electron chi connectivity index (χ2n) is 8.07.